The molecule has 0 saturated heterocycles. The van der Waals surface area contributed by atoms with Crippen molar-refractivity contribution in [3.05, 3.63) is 94.5 Å². The molecule has 0 heterocycles. The van der Waals surface area contributed by atoms with Crippen LogP contribution in [0.2, 0.25) is 5.02 Å². The predicted molar refractivity (Wildman–Crippen MR) is 116 cm³/mol. The van der Waals surface area contributed by atoms with Gasteiger partial charge in [0.1, 0.15) is 0 Å². The number of benzene rings is 3. The Labute approximate surface area is 175 Å². The van der Waals surface area contributed by atoms with Crippen LogP contribution in [0.3, 0.4) is 0 Å². The maximum atomic E-state index is 11.1. The molecule has 0 spiro atoms. The molecule has 0 aromatic heterocycles. The van der Waals surface area contributed by atoms with E-state index in [1.165, 1.54) is 5.56 Å². The summed E-state index contributed by atoms with van der Waals surface area (Å²) in [6.07, 6.45) is 0.235. The summed E-state index contributed by atoms with van der Waals surface area (Å²) < 4.78 is 0. The topological polar surface area (TPSA) is 81.6 Å². The molecule has 3 rings (SSSR count). The number of rotatable bonds is 9. The molecule has 0 saturated carbocycles. The molecular weight excluding hydrogens is 388 g/mol. The Kier molecular flexibility index (Phi) is 7.25. The van der Waals surface area contributed by atoms with Crippen LogP contribution in [-0.4, -0.2) is 29.3 Å². The molecule has 5 nitrogen and oxygen atoms in total. The summed E-state index contributed by atoms with van der Waals surface area (Å²) in [5.41, 5.74) is 3.83. The first-order chi connectivity index (χ1) is 14.0. The van der Waals surface area contributed by atoms with E-state index in [0.29, 0.717) is 11.6 Å². The van der Waals surface area contributed by atoms with Crippen molar-refractivity contribution in [3.63, 3.8) is 0 Å². The first kappa shape index (κ1) is 20.9. The highest BCUT2D eigenvalue weighted by Crippen LogP contribution is 2.19. The summed E-state index contributed by atoms with van der Waals surface area (Å²) >= 11 is 5.95. The van der Waals surface area contributed by atoms with E-state index in [2.05, 4.69) is 10.6 Å². The Hall–Kier alpha value is -2.86. The molecule has 1 atom stereocenters. The number of carboxylic acids is 1. The third-order valence-electron chi connectivity index (χ3n) is 4.51. The molecule has 0 aliphatic rings. The van der Waals surface area contributed by atoms with Crippen molar-refractivity contribution in [3.8, 4) is 0 Å². The molecule has 3 aromatic carbocycles. The number of aliphatic hydroxyl groups is 1. The van der Waals surface area contributed by atoms with E-state index in [-0.39, 0.29) is 5.56 Å². The number of halogens is 1. The molecule has 29 heavy (non-hydrogen) atoms. The van der Waals surface area contributed by atoms with Crippen molar-refractivity contribution in [2.45, 2.75) is 12.5 Å². The maximum absolute atomic E-state index is 11.1. The summed E-state index contributed by atoms with van der Waals surface area (Å²) in [4.78, 5) is 11.1. The van der Waals surface area contributed by atoms with Gasteiger partial charge in [0.05, 0.1) is 11.7 Å². The van der Waals surface area contributed by atoms with E-state index in [1.807, 2.05) is 42.5 Å². The molecule has 4 N–H and O–H groups in total. The minimum absolute atomic E-state index is 0.248. The Bertz CT molecular complexity index is 960. The lowest BCUT2D eigenvalue weighted by Crippen LogP contribution is -2.23. The van der Waals surface area contributed by atoms with Crippen LogP contribution in [0.15, 0.2) is 72.8 Å². The molecule has 0 aliphatic carbocycles. The van der Waals surface area contributed by atoms with Crippen molar-refractivity contribution in [2.75, 3.05) is 18.4 Å². The highest BCUT2D eigenvalue weighted by molar-refractivity contribution is 6.30. The van der Waals surface area contributed by atoms with Crippen LogP contribution in [0.5, 0.6) is 0 Å². The molecule has 0 bridgehead atoms. The second kappa shape index (κ2) is 10.1. The SMILES string of the molecule is O=C(O)c1cccc(Nc2ccc(CCNC[C@H](O)c3cccc(Cl)c3)cc2)c1. The largest absolute Gasteiger partial charge is 0.478 e. The first-order valence-corrected chi connectivity index (χ1v) is 9.72. The zero-order valence-electron chi connectivity index (χ0n) is 15.8. The molecule has 0 unspecified atom stereocenters. The lowest BCUT2D eigenvalue weighted by molar-refractivity contribution is 0.0697. The van der Waals surface area contributed by atoms with Gasteiger partial charge in [-0.3, -0.25) is 0 Å². The highest BCUT2D eigenvalue weighted by atomic mass is 35.5. The molecule has 0 amide bonds. The molecule has 0 fully saturated rings. The minimum atomic E-state index is -0.947. The van der Waals surface area contributed by atoms with Gasteiger partial charge < -0.3 is 20.8 Å². The Balaban J connectivity index is 1.46. The molecular formula is C23H23ClN2O3. The number of hydrogen-bond donors (Lipinski definition) is 4. The molecule has 0 aliphatic heterocycles. The molecule has 3 aromatic rings. The normalized spacial score (nSPS) is 11.8. The zero-order valence-corrected chi connectivity index (χ0v) is 16.6. The zero-order chi connectivity index (χ0) is 20.6. The van der Waals surface area contributed by atoms with E-state index in [4.69, 9.17) is 16.7 Å². The van der Waals surface area contributed by atoms with Gasteiger partial charge in [-0.05, 0) is 66.6 Å². The van der Waals surface area contributed by atoms with Gasteiger partial charge in [0, 0.05) is 22.9 Å². The van der Waals surface area contributed by atoms with Gasteiger partial charge in [-0.25, -0.2) is 4.79 Å². The van der Waals surface area contributed by atoms with E-state index >= 15 is 0 Å². The fourth-order valence-electron chi connectivity index (χ4n) is 2.95. The van der Waals surface area contributed by atoms with E-state index < -0.39 is 12.1 Å². The fourth-order valence-corrected chi connectivity index (χ4v) is 3.15. The van der Waals surface area contributed by atoms with Crippen molar-refractivity contribution in [2.24, 2.45) is 0 Å². The van der Waals surface area contributed by atoms with Crippen LogP contribution in [0, 0.1) is 0 Å². The number of anilines is 2. The lowest BCUT2D eigenvalue weighted by Gasteiger charge is -2.13. The summed E-state index contributed by atoms with van der Waals surface area (Å²) in [6, 6.07) is 21.9. The number of aromatic carboxylic acids is 1. The lowest BCUT2D eigenvalue weighted by atomic mass is 10.1. The van der Waals surface area contributed by atoms with Crippen molar-refractivity contribution in [1.29, 1.82) is 0 Å². The quantitative estimate of drug-likeness (QED) is 0.386. The number of aliphatic hydroxyl groups excluding tert-OH is 1. The predicted octanol–water partition coefficient (Wildman–Crippen LogP) is 4.65. The average Bonchev–Trinajstić information content (AvgIpc) is 2.72. The van der Waals surface area contributed by atoms with Gasteiger partial charge >= 0.3 is 5.97 Å². The van der Waals surface area contributed by atoms with Gasteiger partial charge in [-0.1, -0.05) is 41.9 Å². The van der Waals surface area contributed by atoms with Crippen molar-refractivity contribution in [1.82, 2.24) is 5.32 Å². The van der Waals surface area contributed by atoms with Gasteiger partial charge in [0.15, 0.2) is 0 Å². The monoisotopic (exact) mass is 410 g/mol. The summed E-state index contributed by atoms with van der Waals surface area (Å²) in [5, 5.41) is 26.4. The van der Waals surface area contributed by atoms with Crippen LogP contribution in [-0.2, 0) is 6.42 Å². The first-order valence-electron chi connectivity index (χ1n) is 9.35. The summed E-state index contributed by atoms with van der Waals surface area (Å²) in [6.45, 7) is 1.20. The van der Waals surface area contributed by atoms with Crippen LogP contribution >= 0.6 is 11.6 Å². The average molecular weight is 411 g/mol. The Morgan fingerprint density at radius 1 is 0.966 bits per heavy atom. The number of carboxylic acid groups (broad SMARTS) is 1. The smallest absolute Gasteiger partial charge is 0.335 e. The highest BCUT2D eigenvalue weighted by Gasteiger charge is 2.07. The molecule has 0 radical (unpaired) electrons. The maximum Gasteiger partial charge on any atom is 0.335 e. The van der Waals surface area contributed by atoms with Crippen LogP contribution in [0.4, 0.5) is 11.4 Å². The van der Waals surface area contributed by atoms with Crippen molar-refractivity contribution < 1.29 is 15.0 Å². The van der Waals surface area contributed by atoms with E-state index in [1.54, 1.807) is 30.3 Å². The second-order valence-corrected chi connectivity index (χ2v) is 7.17. The van der Waals surface area contributed by atoms with Crippen molar-refractivity contribution >= 4 is 28.9 Å². The Morgan fingerprint density at radius 3 is 2.45 bits per heavy atom. The van der Waals surface area contributed by atoms with Crippen LogP contribution in [0.25, 0.3) is 0 Å². The van der Waals surface area contributed by atoms with Crippen LogP contribution < -0.4 is 10.6 Å². The summed E-state index contributed by atoms with van der Waals surface area (Å²) in [7, 11) is 0. The van der Waals surface area contributed by atoms with E-state index in [9.17, 15) is 9.90 Å². The van der Waals surface area contributed by atoms with Gasteiger partial charge in [-0.15, -0.1) is 0 Å². The third kappa shape index (κ3) is 6.32. The minimum Gasteiger partial charge on any atom is -0.478 e. The second-order valence-electron chi connectivity index (χ2n) is 6.73. The molecule has 150 valence electrons. The van der Waals surface area contributed by atoms with Gasteiger partial charge in [0.2, 0.25) is 0 Å². The third-order valence-corrected chi connectivity index (χ3v) is 4.75. The Morgan fingerprint density at radius 2 is 1.72 bits per heavy atom. The summed E-state index contributed by atoms with van der Waals surface area (Å²) in [5.74, 6) is -0.947. The van der Waals surface area contributed by atoms with E-state index in [0.717, 1.165) is 29.9 Å². The van der Waals surface area contributed by atoms with Crippen LogP contribution in [0.1, 0.15) is 27.6 Å². The molecule has 6 heteroatoms. The fraction of sp³-hybridized carbons (Fsp3) is 0.174. The number of carbonyl (C=O) groups is 1. The standard InChI is InChI=1S/C23H23ClN2O3/c24-19-5-1-3-17(13-19)22(27)15-25-12-11-16-7-9-20(10-8-16)26-21-6-2-4-18(14-21)23(28)29/h1-10,13-14,22,25-27H,11-12,15H2,(H,28,29)/t22-/m0/s1. The van der Waals surface area contributed by atoms with Gasteiger partial charge in [-0.2, -0.15) is 0 Å². The van der Waals surface area contributed by atoms with Gasteiger partial charge in [0.25, 0.3) is 0 Å². The number of nitrogens with one attached hydrogen (secondary N) is 2. The number of hydrogen-bond acceptors (Lipinski definition) is 4.